The maximum Gasteiger partial charge on any atom is 0.318 e. The number of aliphatic hydroxyl groups excluding tert-OH is 1. The number of hydrogen-bond acceptors (Lipinski definition) is 9. The molecule has 0 saturated carbocycles. The van der Waals surface area contributed by atoms with Crippen LogP contribution in [0.25, 0.3) is 10.8 Å². The SMILES string of the molecule is CCc1cccc2cccc(N3CCc4c(nc(OCC56CCCN5CCC6)nc4N4CCCC(c5nnc(CO)n5C)C4)C3)c12. The molecule has 0 radical (unpaired) electrons. The number of anilines is 2. The lowest BCUT2D eigenvalue weighted by atomic mass is 9.95. The van der Waals surface area contributed by atoms with Crippen LogP contribution in [0.2, 0.25) is 0 Å². The summed E-state index contributed by atoms with van der Waals surface area (Å²) in [7, 11) is 1.96. The summed E-state index contributed by atoms with van der Waals surface area (Å²) in [6.07, 6.45) is 8.85. The summed E-state index contributed by atoms with van der Waals surface area (Å²) < 4.78 is 8.58. The predicted molar refractivity (Wildman–Crippen MR) is 179 cm³/mol. The first-order chi connectivity index (χ1) is 22.6. The first-order valence-electron chi connectivity index (χ1n) is 17.3. The second kappa shape index (κ2) is 12.1. The van der Waals surface area contributed by atoms with E-state index in [9.17, 15) is 5.11 Å². The molecular weight excluding hydrogens is 576 g/mol. The van der Waals surface area contributed by atoms with Crippen molar-refractivity contribution in [2.24, 2.45) is 7.05 Å². The highest BCUT2D eigenvalue weighted by Crippen LogP contribution is 2.40. The van der Waals surface area contributed by atoms with Gasteiger partial charge in [0.25, 0.3) is 0 Å². The monoisotopic (exact) mass is 622 g/mol. The Bertz CT molecular complexity index is 1720. The van der Waals surface area contributed by atoms with Gasteiger partial charge in [-0.25, -0.2) is 0 Å². The normalized spacial score (nSPS) is 21.2. The second-order valence-electron chi connectivity index (χ2n) is 13.8. The van der Waals surface area contributed by atoms with Gasteiger partial charge in [0.2, 0.25) is 0 Å². The summed E-state index contributed by atoms with van der Waals surface area (Å²) in [5.41, 5.74) is 5.13. The number of benzene rings is 2. The molecule has 2 aromatic heterocycles. The van der Waals surface area contributed by atoms with Crippen LogP contribution in [0.3, 0.4) is 0 Å². The van der Waals surface area contributed by atoms with Crippen LogP contribution in [-0.4, -0.2) is 79.6 Å². The molecule has 8 rings (SSSR count). The minimum atomic E-state index is -0.105. The highest BCUT2D eigenvalue weighted by Gasteiger charge is 2.45. The van der Waals surface area contributed by atoms with Crippen LogP contribution < -0.4 is 14.5 Å². The molecule has 0 bridgehead atoms. The maximum absolute atomic E-state index is 9.73. The number of fused-ring (bicyclic) bond motifs is 3. The molecule has 242 valence electrons. The molecule has 1 atom stereocenters. The molecule has 2 aromatic carbocycles. The van der Waals surface area contributed by atoms with Crippen molar-refractivity contribution in [1.82, 2.24) is 29.6 Å². The quantitative estimate of drug-likeness (QED) is 0.298. The van der Waals surface area contributed by atoms with E-state index in [1.165, 1.54) is 66.4 Å². The molecular formula is C36H46N8O2. The number of nitrogens with zero attached hydrogens (tertiary/aromatic N) is 8. The van der Waals surface area contributed by atoms with Crippen molar-refractivity contribution in [3.8, 4) is 6.01 Å². The van der Waals surface area contributed by atoms with Crippen molar-refractivity contribution in [3.63, 3.8) is 0 Å². The highest BCUT2D eigenvalue weighted by molar-refractivity contribution is 5.97. The molecule has 3 fully saturated rings. The van der Waals surface area contributed by atoms with Gasteiger partial charge in [-0.15, -0.1) is 10.2 Å². The number of hydrogen-bond donors (Lipinski definition) is 1. The van der Waals surface area contributed by atoms with Crippen molar-refractivity contribution in [3.05, 3.63) is 64.9 Å². The first kappa shape index (κ1) is 29.6. The Morgan fingerprint density at radius 1 is 0.957 bits per heavy atom. The molecule has 4 aliphatic rings. The van der Waals surface area contributed by atoms with Crippen molar-refractivity contribution < 1.29 is 9.84 Å². The lowest BCUT2D eigenvalue weighted by Gasteiger charge is -2.37. The summed E-state index contributed by atoms with van der Waals surface area (Å²) in [5.74, 6) is 2.78. The number of ether oxygens (including phenoxy) is 1. The Hall–Kier alpha value is -3.76. The molecule has 10 heteroatoms. The predicted octanol–water partition coefficient (Wildman–Crippen LogP) is 4.77. The van der Waals surface area contributed by atoms with E-state index in [0.717, 1.165) is 69.2 Å². The molecule has 4 aromatic rings. The van der Waals surface area contributed by atoms with Crippen LogP contribution >= 0.6 is 0 Å². The molecule has 1 unspecified atom stereocenters. The first-order valence-corrected chi connectivity index (χ1v) is 17.3. The number of rotatable bonds is 8. The zero-order valence-electron chi connectivity index (χ0n) is 27.3. The van der Waals surface area contributed by atoms with Gasteiger partial charge in [0, 0.05) is 49.2 Å². The zero-order valence-corrected chi connectivity index (χ0v) is 27.3. The minimum Gasteiger partial charge on any atom is -0.461 e. The van der Waals surface area contributed by atoms with E-state index in [-0.39, 0.29) is 18.1 Å². The van der Waals surface area contributed by atoms with Crippen LogP contribution in [0.1, 0.15) is 79.8 Å². The van der Waals surface area contributed by atoms with Gasteiger partial charge in [0.1, 0.15) is 24.9 Å². The number of piperidine rings is 1. The summed E-state index contributed by atoms with van der Waals surface area (Å²) in [4.78, 5) is 18.0. The number of aryl methyl sites for hydroxylation is 1. The second-order valence-corrected chi connectivity index (χ2v) is 13.8. The third kappa shape index (κ3) is 5.10. The molecule has 1 N–H and O–H groups in total. The molecule has 0 aliphatic carbocycles. The van der Waals surface area contributed by atoms with Gasteiger partial charge in [0.15, 0.2) is 5.82 Å². The fourth-order valence-electron chi connectivity index (χ4n) is 8.78. The minimum absolute atomic E-state index is 0.105. The van der Waals surface area contributed by atoms with Crippen LogP contribution in [0.15, 0.2) is 36.4 Å². The Labute approximate surface area is 271 Å². The van der Waals surface area contributed by atoms with Crippen LogP contribution in [-0.2, 0) is 33.0 Å². The Morgan fingerprint density at radius 2 is 1.78 bits per heavy atom. The molecule has 10 nitrogen and oxygen atoms in total. The van der Waals surface area contributed by atoms with E-state index in [1.54, 1.807) is 0 Å². The summed E-state index contributed by atoms with van der Waals surface area (Å²) in [6.45, 7) is 8.54. The smallest absolute Gasteiger partial charge is 0.318 e. The van der Waals surface area contributed by atoms with E-state index >= 15 is 0 Å². The summed E-state index contributed by atoms with van der Waals surface area (Å²) in [5, 5.41) is 21.1. The largest absolute Gasteiger partial charge is 0.461 e. The van der Waals surface area contributed by atoms with Gasteiger partial charge in [-0.05, 0) is 81.5 Å². The number of aliphatic hydroxyl groups is 1. The fraction of sp³-hybridized carbons (Fsp3) is 0.556. The molecule has 6 heterocycles. The van der Waals surface area contributed by atoms with Gasteiger partial charge >= 0.3 is 6.01 Å². The zero-order chi connectivity index (χ0) is 31.3. The van der Waals surface area contributed by atoms with Gasteiger partial charge < -0.3 is 24.2 Å². The van der Waals surface area contributed by atoms with E-state index in [0.29, 0.717) is 18.4 Å². The molecule has 3 saturated heterocycles. The lowest BCUT2D eigenvalue weighted by molar-refractivity contribution is 0.107. The van der Waals surface area contributed by atoms with Crippen molar-refractivity contribution in [1.29, 1.82) is 0 Å². The van der Waals surface area contributed by atoms with E-state index in [1.807, 2.05) is 11.6 Å². The Kier molecular flexibility index (Phi) is 7.80. The van der Waals surface area contributed by atoms with Crippen LogP contribution in [0.4, 0.5) is 11.5 Å². The van der Waals surface area contributed by atoms with E-state index < -0.39 is 0 Å². The number of aromatic nitrogens is 5. The van der Waals surface area contributed by atoms with Crippen molar-refractivity contribution >= 4 is 22.3 Å². The van der Waals surface area contributed by atoms with Gasteiger partial charge in [-0.1, -0.05) is 37.3 Å². The third-order valence-corrected chi connectivity index (χ3v) is 11.2. The molecule has 0 spiro atoms. The lowest BCUT2D eigenvalue weighted by Crippen LogP contribution is -2.44. The Balaban J connectivity index is 1.14. The van der Waals surface area contributed by atoms with E-state index in [2.05, 4.69) is 68.2 Å². The maximum atomic E-state index is 9.73. The van der Waals surface area contributed by atoms with E-state index in [4.69, 9.17) is 14.7 Å². The average Bonchev–Trinajstić information content (AvgIpc) is 3.80. The molecule has 0 amide bonds. The molecule has 46 heavy (non-hydrogen) atoms. The van der Waals surface area contributed by atoms with Crippen LogP contribution in [0, 0.1) is 0 Å². The third-order valence-electron chi connectivity index (χ3n) is 11.2. The van der Waals surface area contributed by atoms with Gasteiger partial charge in [0.05, 0.1) is 17.8 Å². The summed E-state index contributed by atoms with van der Waals surface area (Å²) in [6, 6.07) is 13.9. The topological polar surface area (TPSA) is 95.7 Å². The van der Waals surface area contributed by atoms with Crippen molar-refractivity contribution in [2.75, 3.05) is 49.1 Å². The fourth-order valence-corrected chi connectivity index (χ4v) is 8.78. The van der Waals surface area contributed by atoms with Gasteiger partial charge in [-0.3, -0.25) is 4.90 Å². The van der Waals surface area contributed by atoms with Crippen molar-refractivity contribution in [2.45, 2.75) is 82.9 Å². The molecule has 4 aliphatic heterocycles. The van der Waals surface area contributed by atoms with Crippen LogP contribution in [0.5, 0.6) is 6.01 Å². The summed E-state index contributed by atoms with van der Waals surface area (Å²) >= 11 is 0. The Morgan fingerprint density at radius 3 is 2.57 bits per heavy atom. The highest BCUT2D eigenvalue weighted by atomic mass is 16.5. The average molecular weight is 623 g/mol. The standard InChI is InChI=1S/C36H46N8O2/c1-3-25-9-4-10-26-11-5-13-30(32(25)26)42-20-14-28-29(22-42)37-35(46-24-36-15-7-18-44(36)19-8-16-36)38-34(28)43-17-6-12-27(21-43)33-40-39-31(23-45)41(33)2/h4-5,9-11,13,27,45H,3,6-8,12,14-24H2,1-2H3. The van der Waals surface area contributed by atoms with Gasteiger partial charge in [-0.2, -0.15) is 9.97 Å².